The monoisotopic (exact) mass is 364 g/mol. The minimum Gasteiger partial charge on any atom is -0.353 e. The summed E-state index contributed by atoms with van der Waals surface area (Å²) in [6, 6.07) is 10.2. The van der Waals surface area contributed by atoms with Gasteiger partial charge in [-0.05, 0) is 25.5 Å². The Hall–Kier alpha value is -2.69. The minimum absolute atomic E-state index is 0.0675. The Morgan fingerprint density at radius 2 is 1.81 bits per heavy atom. The number of rotatable bonds is 4. The second kappa shape index (κ2) is 8.33. The van der Waals surface area contributed by atoms with Crippen LogP contribution in [-0.4, -0.2) is 47.0 Å². The lowest BCUT2D eigenvalue weighted by atomic mass is 10.1. The predicted molar refractivity (Wildman–Crippen MR) is 110 cm³/mol. The van der Waals surface area contributed by atoms with Crippen molar-refractivity contribution in [3.63, 3.8) is 0 Å². The summed E-state index contributed by atoms with van der Waals surface area (Å²) < 4.78 is 0. The molecule has 2 aromatic rings. The summed E-state index contributed by atoms with van der Waals surface area (Å²) in [6.45, 7) is 11.3. The molecule has 1 amide bonds. The van der Waals surface area contributed by atoms with Crippen molar-refractivity contribution in [3.05, 3.63) is 59.1 Å². The molecule has 5 nitrogen and oxygen atoms in total. The molecule has 3 rings (SSSR count). The molecule has 1 aliphatic rings. The highest BCUT2D eigenvalue weighted by Gasteiger charge is 2.21. The summed E-state index contributed by atoms with van der Waals surface area (Å²) in [5, 5.41) is 0. The average molecular weight is 364 g/mol. The molecule has 27 heavy (non-hydrogen) atoms. The van der Waals surface area contributed by atoms with Crippen LogP contribution in [0.1, 0.15) is 42.4 Å². The molecule has 1 fully saturated rings. The molecule has 0 saturated carbocycles. The van der Waals surface area contributed by atoms with Crippen molar-refractivity contribution in [2.45, 2.75) is 33.6 Å². The van der Waals surface area contributed by atoms with Crippen LogP contribution in [0.5, 0.6) is 0 Å². The van der Waals surface area contributed by atoms with Crippen molar-refractivity contribution in [2.75, 3.05) is 31.1 Å². The molecule has 142 valence electrons. The molecule has 1 aromatic carbocycles. The fourth-order valence-corrected chi connectivity index (χ4v) is 3.20. The van der Waals surface area contributed by atoms with Crippen LogP contribution >= 0.6 is 0 Å². The minimum atomic E-state index is 0.0675. The van der Waals surface area contributed by atoms with E-state index in [1.54, 1.807) is 6.08 Å². The molecule has 1 aromatic heterocycles. The SMILES string of the molecule is Cc1cccc(/C=C/C(=O)N2CCN(c3cc(C)nc(C(C)C)n3)CC2)c1. The molecule has 2 heterocycles. The third kappa shape index (κ3) is 4.94. The van der Waals surface area contributed by atoms with E-state index >= 15 is 0 Å². The van der Waals surface area contributed by atoms with Crippen LogP contribution in [0.2, 0.25) is 0 Å². The third-order valence-corrected chi connectivity index (χ3v) is 4.75. The second-order valence-corrected chi connectivity index (χ2v) is 7.44. The van der Waals surface area contributed by atoms with Gasteiger partial charge in [-0.25, -0.2) is 9.97 Å². The highest BCUT2D eigenvalue weighted by molar-refractivity contribution is 5.92. The van der Waals surface area contributed by atoms with Gasteiger partial charge in [-0.15, -0.1) is 0 Å². The van der Waals surface area contributed by atoms with Crippen LogP contribution in [0.15, 0.2) is 36.4 Å². The van der Waals surface area contributed by atoms with E-state index in [0.29, 0.717) is 19.0 Å². The van der Waals surface area contributed by atoms with E-state index in [0.717, 1.165) is 36.0 Å². The van der Waals surface area contributed by atoms with Gasteiger partial charge in [0, 0.05) is 49.9 Å². The topological polar surface area (TPSA) is 49.3 Å². The standard InChI is InChI=1S/C22H28N4O/c1-16(2)22-23-18(4)15-20(24-22)25-10-12-26(13-11-25)21(27)9-8-19-7-5-6-17(3)14-19/h5-9,14-16H,10-13H2,1-4H3/b9-8+. The Balaban J connectivity index is 1.61. The molecule has 0 bridgehead atoms. The van der Waals surface area contributed by atoms with Gasteiger partial charge in [0.2, 0.25) is 5.91 Å². The second-order valence-electron chi connectivity index (χ2n) is 7.44. The van der Waals surface area contributed by atoms with Crippen LogP contribution in [-0.2, 0) is 4.79 Å². The van der Waals surface area contributed by atoms with Crippen LogP contribution in [0.25, 0.3) is 6.08 Å². The predicted octanol–water partition coefficient (Wildman–Crippen LogP) is 3.58. The Kier molecular flexibility index (Phi) is 5.89. The highest BCUT2D eigenvalue weighted by atomic mass is 16.2. The lowest BCUT2D eigenvalue weighted by Crippen LogP contribution is -2.48. The number of anilines is 1. The average Bonchev–Trinajstić information content (AvgIpc) is 2.66. The van der Waals surface area contributed by atoms with Gasteiger partial charge in [-0.2, -0.15) is 0 Å². The number of hydrogen-bond acceptors (Lipinski definition) is 4. The van der Waals surface area contributed by atoms with E-state index in [1.807, 2.05) is 36.1 Å². The first-order chi connectivity index (χ1) is 12.9. The van der Waals surface area contributed by atoms with Gasteiger partial charge >= 0.3 is 0 Å². The zero-order chi connectivity index (χ0) is 19.4. The van der Waals surface area contributed by atoms with Crippen LogP contribution in [0, 0.1) is 13.8 Å². The summed E-state index contributed by atoms with van der Waals surface area (Å²) in [5.41, 5.74) is 3.24. The molecule has 0 unspecified atom stereocenters. The number of aryl methyl sites for hydroxylation is 2. The number of benzene rings is 1. The first kappa shape index (κ1) is 19.1. The van der Waals surface area contributed by atoms with Gasteiger partial charge in [0.15, 0.2) is 0 Å². The third-order valence-electron chi connectivity index (χ3n) is 4.75. The summed E-state index contributed by atoms with van der Waals surface area (Å²) >= 11 is 0. The van der Waals surface area contributed by atoms with Gasteiger partial charge in [-0.1, -0.05) is 43.7 Å². The fourth-order valence-electron chi connectivity index (χ4n) is 3.20. The van der Waals surface area contributed by atoms with Gasteiger partial charge in [0.25, 0.3) is 0 Å². The first-order valence-corrected chi connectivity index (χ1v) is 9.56. The summed E-state index contributed by atoms with van der Waals surface area (Å²) in [4.78, 5) is 25.9. The fraction of sp³-hybridized carbons (Fsp3) is 0.409. The summed E-state index contributed by atoms with van der Waals surface area (Å²) in [5.74, 6) is 2.22. The van der Waals surface area contributed by atoms with E-state index in [9.17, 15) is 4.79 Å². The maximum atomic E-state index is 12.5. The van der Waals surface area contributed by atoms with Crippen molar-refractivity contribution in [1.82, 2.24) is 14.9 Å². The zero-order valence-electron chi connectivity index (χ0n) is 16.6. The van der Waals surface area contributed by atoms with E-state index in [2.05, 4.69) is 42.8 Å². The van der Waals surface area contributed by atoms with Gasteiger partial charge < -0.3 is 9.80 Å². The van der Waals surface area contributed by atoms with E-state index in [1.165, 1.54) is 5.56 Å². The maximum Gasteiger partial charge on any atom is 0.246 e. The van der Waals surface area contributed by atoms with Crippen LogP contribution in [0.4, 0.5) is 5.82 Å². The van der Waals surface area contributed by atoms with Crippen LogP contribution in [0.3, 0.4) is 0 Å². The smallest absolute Gasteiger partial charge is 0.246 e. The summed E-state index contributed by atoms with van der Waals surface area (Å²) in [6.07, 6.45) is 3.57. The molecular weight excluding hydrogens is 336 g/mol. The molecule has 0 atom stereocenters. The normalized spacial score (nSPS) is 15.0. The molecular formula is C22H28N4O. The molecule has 0 N–H and O–H groups in total. The Morgan fingerprint density at radius 3 is 2.48 bits per heavy atom. The lowest BCUT2D eigenvalue weighted by molar-refractivity contribution is -0.126. The van der Waals surface area contributed by atoms with Gasteiger partial charge in [-0.3, -0.25) is 4.79 Å². The Labute approximate surface area is 161 Å². The van der Waals surface area contributed by atoms with E-state index in [4.69, 9.17) is 4.98 Å². The van der Waals surface area contributed by atoms with Crippen molar-refractivity contribution in [1.29, 1.82) is 0 Å². The molecule has 5 heteroatoms. The van der Waals surface area contributed by atoms with Crippen LogP contribution < -0.4 is 4.90 Å². The largest absolute Gasteiger partial charge is 0.353 e. The number of carbonyl (C=O) groups is 1. The van der Waals surface area contributed by atoms with Crippen molar-refractivity contribution in [3.8, 4) is 0 Å². The molecule has 0 radical (unpaired) electrons. The number of amides is 1. The Bertz CT molecular complexity index is 836. The Morgan fingerprint density at radius 1 is 1.07 bits per heavy atom. The zero-order valence-corrected chi connectivity index (χ0v) is 16.6. The lowest BCUT2D eigenvalue weighted by Gasteiger charge is -2.35. The molecule has 0 aliphatic carbocycles. The number of nitrogens with zero attached hydrogens (tertiary/aromatic N) is 4. The quantitative estimate of drug-likeness (QED) is 0.778. The highest BCUT2D eigenvalue weighted by Crippen LogP contribution is 2.19. The van der Waals surface area contributed by atoms with E-state index < -0.39 is 0 Å². The molecule has 1 saturated heterocycles. The number of carbonyl (C=O) groups excluding carboxylic acids is 1. The van der Waals surface area contributed by atoms with E-state index in [-0.39, 0.29) is 5.91 Å². The van der Waals surface area contributed by atoms with Crippen molar-refractivity contribution >= 4 is 17.8 Å². The van der Waals surface area contributed by atoms with Crippen molar-refractivity contribution < 1.29 is 4.79 Å². The first-order valence-electron chi connectivity index (χ1n) is 9.56. The maximum absolute atomic E-state index is 12.5. The van der Waals surface area contributed by atoms with Gasteiger partial charge in [0.1, 0.15) is 11.6 Å². The molecule has 0 spiro atoms. The number of hydrogen-bond donors (Lipinski definition) is 0. The van der Waals surface area contributed by atoms with Crippen molar-refractivity contribution in [2.24, 2.45) is 0 Å². The number of piperazine rings is 1. The summed E-state index contributed by atoms with van der Waals surface area (Å²) in [7, 11) is 0. The molecule has 1 aliphatic heterocycles. The van der Waals surface area contributed by atoms with Gasteiger partial charge in [0.05, 0.1) is 0 Å². The number of aromatic nitrogens is 2.